The van der Waals surface area contributed by atoms with Crippen LogP contribution in [0.1, 0.15) is 6.42 Å². The largest absolute Gasteiger partial charge is 0.416 e. The molecule has 0 atom stereocenters. The molecule has 1 N–H and O–H groups in total. The van der Waals surface area contributed by atoms with Crippen molar-refractivity contribution in [3.8, 4) is 11.8 Å². The number of nitrogens with one attached hydrogen (secondary N) is 1. The fourth-order valence-electron chi connectivity index (χ4n) is 0.416. The van der Waals surface area contributed by atoms with Gasteiger partial charge in [-0.25, -0.2) is 0 Å². The summed E-state index contributed by atoms with van der Waals surface area (Å²) in [4.78, 5) is 4.74. The molecule has 0 aromatic carbocycles. The lowest BCUT2D eigenvalue weighted by Crippen LogP contribution is -2.11. The molecule has 0 spiro atoms. The molecule has 0 aromatic rings. The normalized spacial score (nSPS) is 17.0. The smallest absolute Gasteiger partial charge is 0.108 e. The minimum Gasteiger partial charge on any atom is -0.416 e. The van der Waals surface area contributed by atoms with Crippen molar-refractivity contribution in [3.63, 3.8) is 0 Å². The molecule has 0 aliphatic carbocycles. The van der Waals surface area contributed by atoms with Gasteiger partial charge in [0.15, 0.2) is 0 Å². The molecular weight excluding hydrogens is 102 g/mol. The first-order valence-electron chi connectivity index (χ1n) is 2.49. The van der Waals surface area contributed by atoms with Crippen molar-refractivity contribution < 1.29 is 4.84 Å². The van der Waals surface area contributed by atoms with Gasteiger partial charge in [-0.3, -0.25) is 0 Å². The van der Waals surface area contributed by atoms with E-state index in [2.05, 4.69) is 17.3 Å². The van der Waals surface area contributed by atoms with Crippen LogP contribution in [0, 0.1) is 11.8 Å². The Morgan fingerprint density at radius 2 is 2.50 bits per heavy atom. The van der Waals surface area contributed by atoms with Crippen LogP contribution in [-0.4, -0.2) is 6.54 Å². The highest BCUT2D eigenvalue weighted by atomic mass is 16.6. The van der Waals surface area contributed by atoms with Gasteiger partial charge in [0.2, 0.25) is 0 Å². The standard InChI is InChI=1S/C6H7NO/c1-2-4-6-8-7-5-3-1/h4,6-7H,2,5H2. The van der Waals surface area contributed by atoms with Crippen LogP contribution >= 0.6 is 0 Å². The highest BCUT2D eigenvalue weighted by Crippen LogP contribution is 1.81. The topological polar surface area (TPSA) is 21.3 Å². The van der Waals surface area contributed by atoms with Gasteiger partial charge in [-0.05, 0) is 6.08 Å². The second-order valence-corrected chi connectivity index (χ2v) is 1.37. The summed E-state index contributed by atoms with van der Waals surface area (Å²) < 4.78 is 0. The van der Waals surface area contributed by atoms with Crippen molar-refractivity contribution in [2.24, 2.45) is 0 Å². The molecule has 1 rings (SSSR count). The molecular formula is C6H7NO. The van der Waals surface area contributed by atoms with Gasteiger partial charge >= 0.3 is 0 Å². The van der Waals surface area contributed by atoms with Crippen molar-refractivity contribution >= 4 is 0 Å². The summed E-state index contributed by atoms with van der Waals surface area (Å²) in [5.41, 5.74) is 2.63. The van der Waals surface area contributed by atoms with Crippen molar-refractivity contribution in [2.45, 2.75) is 6.42 Å². The third-order valence-corrected chi connectivity index (χ3v) is 0.753. The van der Waals surface area contributed by atoms with E-state index in [1.807, 2.05) is 6.08 Å². The molecule has 0 radical (unpaired) electrons. The van der Waals surface area contributed by atoms with E-state index in [0.717, 1.165) is 6.42 Å². The molecule has 0 aromatic heterocycles. The fourth-order valence-corrected chi connectivity index (χ4v) is 0.416. The Morgan fingerprint density at radius 3 is 3.50 bits per heavy atom. The molecule has 8 heavy (non-hydrogen) atoms. The highest BCUT2D eigenvalue weighted by Gasteiger charge is 1.78. The van der Waals surface area contributed by atoms with E-state index in [0.29, 0.717) is 6.54 Å². The molecule has 1 heterocycles. The lowest BCUT2D eigenvalue weighted by Gasteiger charge is -1.97. The van der Waals surface area contributed by atoms with E-state index < -0.39 is 0 Å². The van der Waals surface area contributed by atoms with Crippen LogP contribution < -0.4 is 5.48 Å². The average molecular weight is 109 g/mol. The monoisotopic (exact) mass is 109 g/mol. The second kappa shape index (κ2) is 3.11. The lowest BCUT2D eigenvalue weighted by molar-refractivity contribution is 0.146. The van der Waals surface area contributed by atoms with E-state index >= 15 is 0 Å². The molecule has 1 aliphatic heterocycles. The lowest BCUT2D eigenvalue weighted by atomic mass is 10.4. The summed E-state index contributed by atoms with van der Waals surface area (Å²) in [7, 11) is 0. The minimum absolute atomic E-state index is 0.615. The van der Waals surface area contributed by atoms with Gasteiger partial charge < -0.3 is 4.84 Å². The van der Waals surface area contributed by atoms with Crippen molar-refractivity contribution in [1.82, 2.24) is 5.48 Å². The Balaban J connectivity index is 2.38. The summed E-state index contributed by atoms with van der Waals surface area (Å²) in [6.07, 6.45) is 4.26. The predicted molar refractivity (Wildman–Crippen MR) is 30.6 cm³/mol. The first kappa shape index (κ1) is 5.20. The summed E-state index contributed by atoms with van der Waals surface area (Å²) in [6.45, 7) is 0.615. The highest BCUT2D eigenvalue weighted by molar-refractivity contribution is 5.05. The third kappa shape index (κ3) is 1.67. The van der Waals surface area contributed by atoms with Crippen LogP contribution in [0.15, 0.2) is 12.3 Å². The van der Waals surface area contributed by atoms with Crippen molar-refractivity contribution in [1.29, 1.82) is 0 Å². The number of hydroxylamine groups is 1. The molecule has 2 heteroatoms. The Bertz CT molecular complexity index is 140. The van der Waals surface area contributed by atoms with Gasteiger partial charge in [-0.2, -0.15) is 0 Å². The van der Waals surface area contributed by atoms with Crippen LogP contribution in [0.3, 0.4) is 0 Å². The van der Waals surface area contributed by atoms with Gasteiger partial charge in [-0.1, -0.05) is 11.8 Å². The minimum atomic E-state index is 0.615. The van der Waals surface area contributed by atoms with Crippen LogP contribution in [-0.2, 0) is 4.84 Å². The molecule has 0 fully saturated rings. The summed E-state index contributed by atoms with van der Waals surface area (Å²) in [5, 5.41) is 0. The zero-order valence-electron chi connectivity index (χ0n) is 4.48. The van der Waals surface area contributed by atoms with E-state index in [-0.39, 0.29) is 0 Å². The Hall–Kier alpha value is -0.940. The van der Waals surface area contributed by atoms with Gasteiger partial charge in [0.1, 0.15) is 6.26 Å². The van der Waals surface area contributed by atoms with E-state index in [4.69, 9.17) is 4.84 Å². The third-order valence-electron chi connectivity index (χ3n) is 0.753. The SMILES string of the molecule is C1#CCNOC=CC1. The first-order valence-corrected chi connectivity index (χ1v) is 2.49. The summed E-state index contributed by atoms with van der Waals surface area (Å²) >= 11 is 0. The summed E-state index contributed by atoms with van der Waals surface area (Å²) in [5.74, 6) is 5.76. The Kier molecular flexibility index (Phi) is 2.02. The zero-order chi connectivity index (χ0) is 5.66. The number of hydrogen-bond donors (Lipinski definition) is 1. The quantitative estimate of drug-likeness (QED) is 0.455. The number of allylic oxidation sites excluding steroid dienone is 1. The van der Waals surface area contributed by atoms with Gasteiger partial charge in [0, 0.05) is 6.42 Å². The van der Waals surface area contributed by atoms with E-state index in [1.165, 1.54) is 0 Å². The van der Waals surface area contributed by atoms with E-state index in [9.17, 15) is 0 Å². The maximum Gasteiger partial charge on any atom is 0.108 e. The Labute approximate surface area is 48.5 Å². The zero-order valence-corrected chi connectivity index (χ0v) is 4.48. The van der Waals surface area contributed by atoms with Crippen LogP contribution in [0.2, 0.25) is 0 Å². The van der Waals surface area contributed by atoms with Crippen LogP contribution in [0.25, 0.3) is 0 Å². The molecule has 0 bridgehead atoms. The Morgan fingerprint density at radius 1 is 1.50 bits per heavy atom. The number of hydrogen-bond acceptors (Lipinski definition) is 2. The van der Waals surface area contributed by atoms with Crippen molar-refractivity contribution in [2.75, 3.05) is 6.54 Å². The maximum atomic E-state index is 4.74. The first-order chi connectivity index (χ1) is 4.00. The van der Waals surface area contributed by atoms with Gasteiger partial charge in [0.05, 0.1) is 6.54 Å². The molecule has 1 aliphatic rings. The average Bonchev–Trinajstić information content (AvgIpc) is 1.62. The van der Waals surface area contributed by atoms with Gasteiger partial charge in [0.25, 0.3) is 0 Å². The predicted octanol–water partition coefficient (Wildman–Crippen LogP) is 0.428. The molecule has 2 nitrogen and oxygen atoms in total. The fraction of sp³-hybridized carbons (Fsp3) is 0.333. The van der Waals surface area contributed by atoms with Crippen molar-refractivity contribution in [3.05, 3.63) is 12.3 Å². The molecule has 0 amide bonds. The summed E-state index contributed by atoms with van der Waals surface area (Å²) in [6, 6.07) is 0. The van der Waals surface area contributed by atoms with Gasteiger partial charge in [-0.15, -0.1) is 5.48 Å². The molecule has 0 saturated heterocycles. The maximum absolute atomic E-state index is 4.74. The van der Waals surface area contributed by atoms with Crippen LogP contribution in [0.5, 0.6) is 0 Å². The van der Waals surface area contributed by atoms with Crippen LogP contribution in [0.4, 0.5) is 0 Å². The number of rotatable bonds is 0. The second-order valence-electron chi connectivity index (χ2n) is 1.37. The molecule has 42 valence electrons. The molecule has 0 saturated carbocycles. The van der Waals surface area contributed by atoms with E-state index in [1.54, 1.807) is 6.26 Å². The molecule has 0 unspecified atom stereocenters.